The number of carbonyl (C=O) groups excluding carboxylic acids is 1. The van der Waals surface area contributed by atoms with Crippen molar-refractivity contribution in [2.75, 3.05) is 13.1 Å². The third-order valence-corrected chi connectivity index (χ3v) is 5.27. The molecule has 1 saturated heterocycles. The lowest BCUT2D eigenvalue weighted by molar-refractivity contribution is 0.0947. The first kappa shape index (κ1) is 17.7. The fourth-order valence-electron chi connectivity index (χ4n) is 3.72. The van der Waals surface area contributed by atoms with Gasteiger partial charge in [-0.15, -0.1) is 0 Å². The summed E-state index contributed by atoms with van der Waals surface area (Å²) >= 11 is 0. The van der Waals surface area contributed by atoms with Crippen LogP contribution in [0.2, 0.25) is 0 Å². The second kappa shape index (κ2) is 8.35. The summed E-state index contributed by atoms with van der Waals surface area (Å²) in [4.78, 5) is 15.0. The highest BCUT2D eigenvalue weighted by atomic mass is 16.1. The molecule has 0 atom stereocenters. The Kier molecular flexibility index (Phi) is 5.49. The molecule has 2 N–H and O–H groups in total. The number of H-pyrrole nitrogens is 1. The van der Waals surface area contributed by atoms with Gasteiger partial charge in [-0.3, -0.25) is 14.8 Å². The lowest BCUT2D eigenvalue weighted by Gasteiger charge is -2.19. The van der Waals surface area contributed by atoms with Crippen LogP contribution in [0.3, 0.4) is 0 Å². The van der Waals surface area contributed by atoms with Crippen LogP contribution in [-0.4, -0.2) is 34.1 Å². The molecule has 5 nitrogen and oxygen atoms in total. The molecule has 27 heavy (non-hydrogen) atoms. The van der Waals surface area contributed by atoms with Crippen LogP contribution in [-0.2, 0) is 13.1 Å². The van der Waals surface area contributed by atoms with Gasteiger partial charge in [0.2, 0.25) is 0 Å². The maximum atomic E-state index is 12.5. The fraction of sp³-hybridized carbons (Fsp3) is 0.364. The van der Waals surface area contributed by atoms with Gasteiger partial charge in [-0.2, -0.15) is 5.10 Å². The van der Waals surface area contributed by atoms with E-state index in [0.717, 1.165) is 23.0 Å². The molecule has 140 valence electrons. The molecule has 2 aromatic carbocycles. The van der Waals surface area contributed by atoms with Crippen molar-refractivity contribution >= 4 is 16.8 Å². The van der Waals surface area contributed by atoms with Crippen molar-refractivity contribution < 1.29 is 4.79 Å². The van der Waals surface area contributed by atoms with E-state index in [0.29, 0.717) is 12.2 Å². The van der Waals surface area contributed by atoms with Crippen molar-refractivity contribution in [3.8, 4) is 0 Å². The second-order valence-corrected chi connectivity index (χ2v) is 7.31. The van der Waals surface area contributed by atoms with Crippen molar-refractivity contribution in [2.24, 2.45) is 0 Å². The molecular formula is C22H26N4O. The number of nitrogens with one attached hydrogen (secondary N) is 2. The Bertz CT molecular complexity index is 892. The summed E-state index contributed by atoms with van der Waals surface area (Å²) in [6, 6.07) is 16.2. The first-order valence-corrected chi connectivity index (χ1v) is 9.81. The van der Waals surface area contributed by atoms with Gasteiger partial charge >= 0.3 is 0 Å². The minimum absolute atomic E-state index is 0.152. The van der Waals surface area contributed by atoms with Crippen molar-refractivity contribution in [1.82, 2.24) is 20.4 Å². The van der Waals surface area contributed by atoms with Crippen LogP contribution in [0.1, 0.15) is 47.3 Å². The van der Waals surface area contributed by atoms with Gasteiger partial charge in [0.05, 0.1) is 5.52 Å². The highest BCUT2D eigenvalue weighted by molar-refractivity contribution is 6.04. The Balaban J connectivity index is 1.33. The summed E-state index contributed by atoms with van der Waals surface area (Å²) in [7, 11) is 0. The van der Waals surface area contributed by atoms with Crippen LogP contribution < -0.4 is 5.32 Å². The van der Waals surface area contributed by atoms with Gasteiger partial charge in [-0.05, 0) is 43.1 Å². The highest BCUT2D eigenvalue weighted by Crippen LogP contribution is 2.16. The number of fused-ring (bicyclic) bond motifs is 1. The minimum Gasteiger partial charge on any atom is -0.347 e. The average molecular weight is 362 g/mol. The number of aromatic amines is 1. The number of hydrogen-bond acceptors (Lipinski definition) is 3. The SMILES string of the molecule is O=C(NCc1ccc(CN2CCCCCC2)cc1)c1n[nH]c2ccccc12. The van der Waals surface area contributed by atoms with Gasteiger partial charge in [-0.1, -0.05) is 55.3 Å². The van der Waals surface area contributed by atoms with Crippen molar-refractivity contribution in [1.29, 1.82) is 0 Å². The van der Waals surface area contributed by atoms with Gasteiger partial charge in [-0.25, -0.2) is 0 Å². The molecule has 1 aliphatic rings. The summed E-state index contributed by atoms with van der Waals surface area (Å²) in [5.74, 6) is -0.152. The van der Waals surface area contributed by atoms with E-state index >= 15 is 0 Å². The number of rotatable bonds is 5. The van der Waals surface area contributed by atoms with Crippen LogP contribution >= 0.6 is 0 Å². The molecule has 0 radical (unpaired) electrons. The molecule has 3 aromatic rings. The van der Waals surface area contributed by atoms with Crippen LogP contribution in [0, 0.1) is 0 Å². The molecule has 1 aliphatic heterocycles. The number of para-hydroxylation sites is 1. The smallest absolute Gasteiger partial charge is 0.272 e. The first-order chi connectivity index (χ1) is 13.3. The highest BCUT2D eigenvalue weighted by Gasteiger charge is 2.13. The zero-order valence-corrected chi connectivity index (χ0v) is 15.6. The maximum absolute atomic E-state index is 12.5. The predicted molar refractivity (Wildman–Crippen MR) is 107 cm³/mol. The molecule has 0 saturated carbocycles. The number of amides is 1. The Hall–Kier alpha value is -2.66. The molecule has 1 amide bonds. The van der Waals surface area contributed by atoms with E-state index in [2.05, 4.69) is 44.7 Å². The fourth-order valence-corrected chi connectivity index (χ4v) is 3.72. The van der Waals surface area contributed by atoms with E-state index in [-0.39, 0.29) is 5.91 Å². The largest absolute Gasteiger partial charge is 0.347 e. The molecular weight excluding hydrogens is 336 g/mol. The van der Waals surface area contributed by atoms with E-state index < -0.39 is 0 Å². The molecule has 5 heteroatoms. The van der Waals surface area contributed by atoms with Gasteiger partial charge < -0.3 is 5.32 Å². The number of aromatic nitrogens is 2. The summed E-state index contributed by atoms with van der Waals surface area (Å²) in [5.41, 5.74) is 3.76. The average Bonchev–Trinajstić information content (AvgIpc) is 2.97. The monoisotopic (exact) mass is 362 g/mol. The molecule has 0 aliphatic carbocycles. The van der Waals surface area contributed by atoms with Gasteiger partial charge in [0.15, 0.2) is 5.69 Å². The number of benzene rings is 2. The van der Waals surface area contributed by atoms with Gasteiger partial charge in [0.25, 0.3) is 5.91 Å². The third kappa shape index (κ3) is 4.37. The lowest BCUT2D eigenvalue weighted by atomic mass is 10.1. The van der Waals surface area contributed by atoms with Crippen molar-refractivity contribution in [3.05, 3.63) is 65.4 Å². The number of likely N-dealkylation sites (tertiary alicyclic amines) is 1. The first-order valence-electron chi connectivity index (χ1n) is 9.81. The topological polar surface area (TPSA) is 61.0 Å². The molecule has 2 heterocycles. The molecule has 1 fully saturated rings. The van der Waals surface area contributed by atoms with Crippen molar-refractivity contribution in [3.63, 3.8) is 0 Å². The standard InChI is InChI=1S/C22H26N4O/c27-22(21-19-7-3-4-8-20(19)24-25-21)23-15-17-9-11-18(12-10-17)16-26-13-5-1-2-6-14-26/h3-4,7-12H,1-2,5-6,13-16H2,(H,23,27)(H,24,25). The quantitative estimate of drug-likeness (QED) is 0.724. The summed E-state index contributed by atoms with van der Waals surface area (Å²) in [6.07, 6.45) is 5.35. The molecule has 1 aromatic heterocycles. The van der Waals surface area contributed by atoms with Gasteiger partial charge in [0, 0.05) is 18.5 Å². The van der Waals surface area contributed by atoms with E-state index in [1.54, 1.807) is 0 Å². The van der Waals surface area contributed by atoms with E-state index in [1.807, 2.05) is 24.3 Å². The van der Waals surface area contributed by atoms with Crippen LogP contribution in [0.25, 0.3) is 10.9 Å². The van der Waals surface area contributed by atoms with E-state index in [1.165, 1.54) is 44.3 Å². The zero-order valence-electron chi connectivity index (χ0n) is 15.6. The predicted octanol–water partition coefficient (Wildman–Crippen LogP) is 3.87. The Labute approximate surface area is 159 Å². The third-order valence-electron chi connectivity index (χ3n) is 5.27. The number of carbonyl (C=O) groups is 1. The van der Waals surface area contributed by atoms with E-state index in [4.69, 9.17) is 0 Å². The molecule has 0 spiro atoms. The summed E-state index contributed by atoms with van der Waals surface area (Å²) < 4.78 is 0. The number of nitrogens with zero attached hydrogens (tertiary/aromatic N) is 2. The van der Waals surface area contributed by atoms with Crippen molar-refractivity contribution in [2.45, 2.75) is 38.8 Å². The van der Waals surface area contributed by atoms with E-state index in [9.17, 15) is 4.79 Å². The molecule has 0 unspecified atom stereocenters. The summed E-state index contributed by atoms with van der Waals surface area (Å²) in [6.45, 7) is 3.93. The normalized spacial score (nSPS) is 15.6. The minimum atomic E-state index is -0.152. The maximum Gasteiger partial charge on any atom is 0.272 e. The Morgan fingerprint density at radius 1 is 0.963 bits per heavy atom. The summed E-state index contributed by atoms with van der Waals surface area (Å²) in [5, 5.41) is 10.9. The van der Waals surface area contributed by atoms with Gasteiger partial charge in [0.1, 0.15) is 0 Å². The Morgan fingerprint density at radius 3 is 2.44 bits per heavy atom. The lowest BCUT2D eigenvalue weighted by Crippen LogP contribution is -2.24. The zero-order chi connectivity index (χ0) is 18.5. The Morgan fingerprint density at radius 2 is 1.67 bits per heavy atom. The van der Waals surface area contributed by atoms with Crippen LogP contribution in [0.4, 0.5) is 0 Å². The second-order valence-electron chi connectivity index (χ2n) is 7.31. The van der Waals surface area contributed by atoms with Crippen LogP contribution in [0.5, 0.6) is 0 Å². The molecule has 4 rings (SSSR count). The number of hydrogen-bond donors (Lipinski definition) is 2. The molecule has 0 bridgehead atoms. The van der Waals surface area contributed by atoms with Crippen LogP contribution in [0.15, 0.2) is 48.5 Å².